The van der Waals surface area contributed by atoms with Crippen LogP contribution in [0.2, 0.25) is 0 Å². The lowest BCUT2D eigenvalue weighted by Gasteiger charge is -2.16. The van der Waals surface area contributed by atoms with Gasteiger partial charge in [-0.05, 0) is 105 Å². The van der Waals surface area contributed by atoms with Gasteiger partial charge in [0.1, 0.15) is 5.84 Å². The summed E-state index contributed by atoms with van der Waals surface area (Å²) in [6.07, 6.45) is 12.9. The molecular formula is C50H40N4. The normalized spacial score (nSPS) is 14.4. The monoisotopic (exact) mass is 696 g/mol. The number of hydrogen-bond donors (Lipinski definition) is 2. The zero-order valence-electron chi connectivity index (χ0n) is 30.1. The van der Waals surface area contributed by atoms with Crippen molar-refractivity contribution in [3.8, 4) is 27.9 Å². The molecule has 0 amide bonds. The summed E-state index contributed by atoms with van der Waals surface area (Å²) in [5, 5.41) is 15.9. The molecule has 2 aliphatic carbocycles. The Kier molecular flexibility index (Phi) is 7.95. The second-order valence-electron chi connectivity index (χ2n) is 14.4. The third kappa shape index (κ3) is 5.41. The summed E-state index contributed by atoms with van der Waals surface area (Å²) in [6, 6.07) is 50.9. The second-order valence-corrected chi connectivity index (χ2v) is 14.4. The summed E-state index contributed by atoms with van der Waals surface area (Å²) in [4.78, 5) is 0. The van der Waals surface area contributed by atoms with Crippen molar-refractivity contribution < 1.29 is 0 Å². The van der Waals surface area contributed by atoms with Crippen LogP contribution in [-0.4, -0.2) is 16.9 Å². The van der Waals surface area contributed by atoms with Gasteiger partial charge in [0.05, 0.1) is 17.4 Å². The Balaban J connectivity index is 1.30. The Morgan fingerprint density at radius 3 is 1.93 bits per heavy atom. The highest BCUT2D eigenvalue weighted by Crippen LogP contribution is 2.38. The van der Waals surface area contributed by atoms with E-state index in [1.165, 1.54) is 71.0 Å². The van der Waals surface area contributed by atoms with Gasteiger partial charge in [0.25, 0.3) is 0 Å². The first-order chi connectivity index (χ1) is 26.7. The molecule has 3 N–H and O–H groups in total. The Bertz CT molecular complexity index is 2950. The van der Waals surface area contributed by atoms with E-state index in [1.807, 2.05) is 0 Å². The van der Waals surface area contributed by atoms with Crippen molar-refractivity contribution in [1.82, 2.24) is 9.99 Å². The topological polar surface area (TPSA) is 55.3 Å². The summed E-state index contributed by atoms with van der Waals surface area (Å²) in [7, 11) is 0. The fourth-order valence-electron chi connectivity index (χ4n) is 8.70. The van der Waals surface area contributed by atoms with Crippen molar-refractivity contribution in [3.63, 3.8) is 0 Å². The lowest BCUT2D eigenvalue weighted by atomic mass is 9.93. The lowest BCUT2D eigenvalue weighted by molar-refractivity contribution is 0.797. The van der Waals surface area contributed by atoms with E-state index in [9.17, 15) is 0 Å². The third-order valence-electron chi connectivity index (χ3n) is 11.2. The number of nitrogens with zero attached hydrogens (tertiary/aromatic N) is 2. The molecule has 4 heteroatoms. The van der Waals surface area contributed by atoms with Gasteiger partial charge in [0.15, 0.2) is 0 Å². The molecule has 0 spiro atoms. The molecule has 0 atom stereocenters. The number of allylic oxidation sites excluding steroid dienone is 2. The summed E-state index contributed by atoms with van der Waals surface area (Å²) in [6.45, 7) is 0.654. The molecule has 0 saturated carbocycles. The van der Waals surface area contributed by atoms with Crippen molar-refractivity contribution in [2.45, 2.75) is 25.7 Å². The molecule has 0 unspecified atom stereocenters. The fourth-order valence-corrected chi connectivity index (χ4v) is 8.70. The Labute approximate surface area is 314 Å². The average Bonchev–Trinajstić information content (AvgIpc) is 3.59. The van der Waals surface area contributed by atoms with Crippen LogP contribution in [0.1, 0.15) is 25.7 Å². The predicted molar refractivity (Wildman–Crippen MR) is 229 cm³/mol. The smallest absolute Gasteiger partial charge is 0.147 e. The van der Waals surface area contributed by atoms with Gasteiger partial charge in [0.2, 0.25) is 0 Å². The Morgan fingerprint density at radius 2 is 1.24 bits per heavy atom. The molecular weight excluding hydrogens is 657 g/mol. The number of hydrazone groups is 1. The van der Waals surface area contributed by atoms with Gasteiger partial charge in [-0.2, -0.15) is 5.10 Å². The highest BCUT2D eigenvalue weighted by molar-refractivity contribution is 6.25. The SMILES string of the molecule is N/C(=N\NCC1=CCCC=C1)C1=c2c(n(-c3ccc4c5ccccc5c5ccccc5c4c3)c3c(-c4ccccc4)cc(-c4ccccc4)cc23)=CCC1. The van der Waals surface area contributed by atoms with E-state index in [1.54, 1.807) is 0 Å². The van der Waals surface area contributed by atoms with Crippen LogP contribution in [0, 0.1) is 0 Å². The molecule has 7 aromatic carbocycles. The van der Waals surface area contributed by atoms with E-state index in [0.717, 1.165) is 47.5 Å². The molecule has 8 aromatic rings. The highest BCUT2D eigenvalue weighted by atomic mass is 15.3. The predicted octanol–water partition coefficient (Wildman–Crippen LogP) is 10.3. The van der Waals surface area contributed by atoms with Crippen LogP contribution < -0.4 is 21.7 Å². The van der Waals surface area contributed by atoms with Gasteiger partial charge in [-0.25, -0.2) is 0 Å². The number of fused-ring (bicyclic) bond motifs is 9. The number of rotatable bonds is 7. The van der Waals surface area contributed by atoms with Gasteiger partial charge in [-0.15, -0.1) is 0 Å². The number of benzene rings is 7. The number of hydrogen-bond acceptors (Lipinski definition) is 2. The van der Waals surface area contributed by atoms with E-state index in [0.29, 0.717) is 12.4 Å². The third-order valence-corrected chi connectivity index (χ3v) is 11.2. The molecule has 1 aromatic heterocycles. The number of amidine groups is 1. The maximum atomic E-state index is 7.00. The van der Waals surface area contributed by atoms with E-state index < -0.39 is 0 Å². The maximum Gasteiger partial charge on any atom is 0.147 e. The minimum absolute atomic E-state index is 0.547. The van der Waals surface area contributed by atoms with Crippen molar-refractivity contribution in [2.24, 2.45) is 10.8 Å². The first-order valence-corrected chi connectivity index (χ1v) is 19.0. The van der Waals surface area contributed by atoms with Crippen LogP contribution >= 0.6 is 0 Å². The molecule has 0 saturated heterocycles. The van der Waals surface area contributed by atoms with Crippen LogP contribution in [0.15, 0.2) is 168 Å². The fraction of sp³-hybridized carbons (Fsp3) is 0.100. The maximum absolute atomic E-state index is 7.00. The quantitative estimate of drug-likeness (QED) is 0.0754. The van der Waals surface area contributed by atoms with Crippen molar-refractivity contribution in [2.75, 3.05) is 6.54 Å². The van der Waals surface area contributed by atoms with Crippen LogP contribution in [-0.2, 0) is 0 Å². The summed E-state index contributed by atoms with van der Waals surface area (Å²) in [5.74, 6) is 0.547. The minimum atomic E-state index is 0.547. The molecule has 1 heterocycles. The van der Waals surface area contributed by atoms with Gasteiger partial charge in [-0.3, -0.25) is 0 Å². The number of nitrogens with two attached hydrogens (primary N) is 1. The van der Waals surface area contributed by atoms with E-state index >= 15 is 0 Å². The molecule has 4 nitrogen and oxygen atoms in total. The van der Waals surface area contributed by atoms with Crippen LogP contribution in [0.25, 0.3) is 82.8 Å². The molecule has 0 bridgehead atoms. The molecule has 54 heavy (non-hydrogen) atoms. The van der Waals surface area contributed by atoms with Crippen LogP contribution in [0.3, 0.4) is 0 Å². The minimum Gasteiger partial charge on any atom is -0.382 e. The molecule has 10 rings (SSSR count). The van der Waals surface area contributed by atoms with Crippen LogP contribution in [0.4, 0.5) is 0 Å². The molecule has 0 fully saturated rings. The first-order valence-electron chi connectivity index (χ1n) is 19.0. The lowest BCUT2D eigenvalue weighted by Crippen LogP contribution is -2.37. The zero-order chi connectivity index (χ0) is 36.0. The summed E-state index contributed by atoms with van der Waals surface area (Å²) >= 11 is 0. The average molecular weight is 697 g/mol. The number of nitrogens with one attached hydrogen (secondary N) is 1. The Morgan fingerprint density at radius 1 is 0.593 bits per heavy atom. The van der Waals surface area contributed by atoms with Gasteiger partial charge >= 0.3 is 0 Å². The van der Waals surface area contributed by atoms with Crippen LogP contribution in [0.5, 0.6) is 0 Å². The molecule has 0 aliphatic heterocycles. The van der Waals surface area contributed by atoms with E-state index in [2.05, 4.69) is 174 Å². The highest BCUT2D eigenvalue weighted by Gasteiger charge is 2.22. The van der Waals surface area contributed by atoms with Crippen molar-refractivity contribution in [3.05, 3.63) is 174 Å². The van der Waals surface area contributed by atoms with Gasteiger partial charge in [0, 0.05) is 27.4 Å². The van der Waals surface area contributed by atoms with Gasteiger partial charge < -0.3 is 15.7 Å². The Hall–Kier alpha value is -6.65. The van der Waals surface area contributed by atoms with Crippen molar-refractivity contribution >= 4 is 60.7 Å². The summed E-state index contributed by atoms with van der Waals surface area (Å²) < 4.78 is 2.49. The second kappa shape index (κ2) is 13.4. The zero-order valence-corrected chi connectivity index (χ0v) is 30.1. The molecule has 260 valence electrons. The largest absolute Gasteiger partial charge is 0.382 e. The van der Waals surface area contributed by atoms with E-state index in [-0.39, 0.29) is 0 Å². The van der Waals surface area contributed by atoms with E-state index in [4.69, 9.17) is 10.8 Å². The standard InChI is InChI=1S/C50H40N4/c51-50(53-52-32-33-15-4-1-5-16-33)43-25-14-26-47-48(43)46-30-36(34-17-6-2-7-18-34)29-44(35-19-8-3-9-20-35)49(46)54(47)37-27-28-42-40-23-11-10-21-38(40)39-22-12-13-24-41(39)45(42)31-37/h2-4,6-13,15-24,26-31,52H,1,5,14,25,32H2,(H2,51,53). The number of aromatic nitrogens is 1. The molecule has 2 aliphatic rings. The first kappa shape index (κ1) is 32.0. The van der Waals surface area contributed by atoms with Crippen molar-refractivity contribution in [1.29, 1.82) is 0 Å². The summed E-state index contributed by atoms with van der Waals surface area (Å²) in [5.41, 5.74) is 19.6. The molecule has 0 radical (unpaired) electrons. The van der Waals surface area contributed by atoms with Gasteiger partial charge in [-0.1, -0.05) is 140 Å².